The molecule has 50 valence electrons. The van der Waals surface area contributed by atoms with Crippen LogP contribution in [0.5, 0.6) is 0 Å². The third-order valence-corrected chi connectivity index (χ3v) is 1.04. The summed E-state index contributed by atoms with van der Waals surface area (Å²) in [5.74, 6) is 0. The van der Waals surface area contributed by atoms with Crippen molar-refractivity contribution in [1.82, 2.24) is 0 Å². The van der Waals surface area contributed by atoms with E-state index >= 15 is 0 Å². The molecule has 0 aliphatic carbocycles. The molecule has 0 bridgehead atoms. The van der Waals surface area contributed by atoms with Crippen molar-refractivity contribution in [2.75, 3.05) is 0 Å². The zero-order valence-electron chi connectivity index (χ0n) is 5.42. The van der Waals surface area contributed by atoms with E-state index in [0.717, 1.165) is 6.29 Å². The molecule has 0 fully saturated rings. The molecule has 0 aromatic heterocycles. The minimum Gasteiger partial charge on any atom is -0.314 e. The molecular formula is C6H10N2O. The van der Waals surface area contributed by atoms with Gasteiger partial charge in [0.1, 0.15) is 11.8 Å². The van der Waals surface area contributed by atoms with Crippen LogP contribution >= 0.6 is 0 Å². The largest absolute Gasteiger partial charge is 0.314 e. The topological polar surface area (TPSA) is 66.9 Å². The van der Waals surface area contributed by atoms with Crippen LogP contribution < -0.4 is 5.73 Å². The molecule has 1 unspecified atom stereocenters. The predicted octanol–water partition coefficient (Wildman–Crippen LogP) is 0.206. The van der Waals surface area contributed by atoms with Crippen molar-refractivity contribution in [1.29, 1.82) is 5.26 Å². The number of nitrogens with zero attached hydrogens (tertiary/aromatic N) is 1. The van der Waals surface area contributed by atoms with Gasteiger partial charge in [-0.2, -0.15) is 5.26 Å². The molecule has 3 heteroatoms. The number of carbonyl (C=O) groups is 1. The minimum atomic E-state index is -0.832. The molecule has 0 rings (SSSR count). The molecule has 0 aromatic rings. The molecule has 0 heterocycles. The number of rotatable bonds is 3. The highest BCUT2D eigenvalue weighted by Gasteiger charge is 2.15. The lowest BCUT2D eigenvalue weighted by atomic mass is 10.0. The zero-order valence-corrected chi connectivity index (χ0v) is 5.42. The third-order valence-electron chi connectivity index (χ3n) is 1.04. The maximum atomic E-state index is 9.80. The first-order chi connectivity index (χ1) is 4.12. The van der Waals surface area contributed by atoms with E-state index in [2.05, 4.69) is 0 Å². The van der Waals surface area contributed by atoms with Crippen molar-refractivity contribution in [2.45, 2.75) is 25.3 Å². The Labute approximate surface area is 54.5 Å². The Bertz CT molecular complexity index is 134. The van der Waals surface area contributed by atoms with Crippen LogP contribution in [0.1, 0.15) is 19.8 Å². The summed E-state index contributed by atoms with van der Waals surface area (Å²) in [4.78, 5) is 9.80. The van der Waals surface area contributed by atoms with Gasteiger partial charge in [0.05, 0.1) is 6.07 Å². The summed E-state index contributed by atoms with van der Waals surface area (Å²) in [5.41, 5.74) is 4.55. The lowest BCUT2D eigenvalue weighted by molar-refractivity contribution is -0.108. The second-order valence-corrected chi connectivity index (χ2v) is 2.23. The molecule has 9 heavy (non-hydrogen) atoms. The van der Waals surface area contributed by atoms with Gasteiger partial charge in [-0.15, -0.1) is 0 Å². The highest BCUT2D eigenvalue weighted by atomic mass is 16.1. The second kappa shape index (κ2) is 3.21. The van der Waals surface area contributed by atoms with Crippen LogP contribution in [0, 0.1) is 11.3 Å². The summed E-state index contributed by atoms with van der Waals surface area (Å²) < 4.78 is 0. The van der Waals surface area contributed by atoms with Crippen LogP contribution in [0.25, 0.3) is 0 Å². The average Bonchev–Trinajstić information content (AvgIpc) is 1.84. The summed E-state index contributed by atoms with van der Waals surface area (Å²) in [6.07, 6.45) is 1.57. The monoisotopic (exact) mass is 126 g/mol. The van der Waals surface area contributed by atoms with Gasteiger partial charge in [-0.1, -0.05) is 0 Å². The molecule has 1 atom stereocenters. The lowest BCUT2D eigenvalue weighted by Gasteiger charge is -2.11. The standard InChI is InChI=1S/C6H10N2O/c1-6(8,5-7)3-2-4-9/h4H,2-3,8H2,1H3. The smallest absolute Gasteiger partial charge is 0.120 e. The van der Waals surface area contributed by atoms with E-state index in [1.165, 1.54) is 0 Å². The summed E-state index contributed by atoms with van der Waals surface area (Å²) in [6, 6.07) is 1.90. The maximum absolute atomic E-state index is 9.80. The highest BCUT2D eigenvalue weighted by molar-refractivity contribution is 5.49. The first-order valence-corrected chi connectivity index (χ1v) is 2.76. The van der Waals surface area contributed by atoms with Crippen molar-refractivity contribution < 1.29 is 4.79 Å². The van der Waals surface area contributed by atoms with Crippen molar-refractivity contribution in [3.8, 4) is 6.07 Å². The molecular weight excluding hydrogens is 116 g/mol. The van der Waals surface area contributed by atoms with E-state index in [0.29, 0.717) is 12.8 Å². The van der Waals surface area contributed by atoms with Crippen molar-refractivity contribution in [2.24, 2.45) is 5.73 Å². The SMILES string of the molecule is CC(N)(C#N)CCC=O. The Morgan fingerprint density at radius 3 is 2.78 bits per heavy atom. The number of hydrogen-bond donors (Lipinski definition) is 1. The van der Waals surface area contributed by atoms with E-state index in [1.807, 2.05) is 6.07 Å². The quantitative estimate of drug-likeness (QED) is 0.549. The summed E-state index contributed by atoms with van der Waals surface area (Å²) in [6.45, 7) is 1.61. The van der Waals surface area contributed by atoms with E-state index in [9.17, 15) is 4.79 Å². The number of nitriles is 1. The summed E-state index contributed by atoms with van der Waals surface area (Å²) in [7, 11) is 0. The fourth-order valence-electron chi connectivity index (χ4n) is 0.415. The fourth-order valence-corrected chi connectivity index (χ4v) is 0.415. The Kier molecular flexibility index (Phi) is 2.89. The molecule has 3 nitrogen and oxygen atoms in total. The number of carbonyl (C=O) groups excluding carboxylic acids is 1. The Balaban J connectivity index is 3.61. The van der Waals surface area contributed by atoms with E-state index < -0.39 is 5.54 Å². The van der Waals surface area contributed by atoms with Crippen molar-refractivity contribution >= 4 is 6.29 Å². The van der Waals surface area contributed by atoms with E-state index in [-0.39, 0.29) is 0 Å². The van der Waals surface area contributed by atoms with Crippen LogP contribution in [-0.2, 0) is 4.79 Å². The molecule has 0 radical (unpaired) electrons. The van der Waals surface area contributed by atoms with Gasteiger partial charge in [0.25, 0.3) is 0 Å². The van der Waals surface area contributed by atoms with Gasteiger partial charge in [-0.3, -0.25) is 0 Å². The average molecular weight is 126 g/mol. The Hall–Kier alpha value is -0.880. The van der Waals surface area contributed by atoms with Gasteiger partial charge in [-0.05, 0) is 13.3 Å². The lowest BCUT2D eigenvalue weighted by Crippen LogP contribution is -2.33. The second-order valence-electron chi connectivity index (χ2n) is 2.23. The predicted molar refractivity (Wildman–Crippen MR) is 33.5 cm³/mol. The van der Waals surface area contributed by atoms with Crippen LogP contribution in [0.3, 0.4) is 0 Å². The number of aldehydes is 1. The molecule has 0 saturated heterocycles. The zero-order chi connectivity index (χ0) is 7.33. The Morgan fingerprint density at radius 1 is 1.89 bits per heavy atom. The normalized spacial score (nSPS) is 15.7. The third kappa shape index (κ3) is 3.68. The minimum absolute atomic E-state index is 0.362. The highest BCUT2D eigenvalue weighted by Crippen LogP contribution is 2.04. The van der Waals surface area contributed by atoms with Gasteiger partial charge in [0.2, 0.25) is 0 Å². The summed E-state index contributed by atoms with van der Waals surface area (Å²) >= 11 is 0. The van der Waals surface area contributed by atoms with Gasteiger partial charge < -0.3 is 10.5 Å². The van der Waals surface area contributed by atoms with E-state index in [4.69, 9.17) is 11.0 Å². The maximum Gasteiger partial charge on any atom is 0.120 e. The fraction of sp³-hybridized carbons (Fsp3) is 0.667. The molecule has 0 spiro atoms. The molecule has 0 aromatic carbocycles. The van der Waals surface area contributed by atoms with Gasteiger partial charge in [-0.25, -0.2) is 0 Å². The van der Waals surface area contributed by atoms with Gasteiger partial charge >= 0.3 is 0 Å². The number of nitrogens with two attached hydrogens (primary N) is 1. The summed E-state index contributed by atoms with van der Waals surface area (Å²) in [5, 5.41) is 8.33. The molecule has 0 aliphatic heterocycles. The van der Waals surface area contributed by atoms with Crippen molar-refractivity contribution in [3.63, 3.8) is 0 Å². The van der Waals surface area contributed by atoms with Gasteiger partial charge in [0.15, 0.2) is 0 Å². The first kappa shape index (κ1) is 8.12. The number of hydrogen-bond acceptors (Lipinski definition) is 3. The van der Waals surface area contributed by atoms with E-state index in [1.54, 1.807) is 6.92 Å². The van der Waals surface area contributed by atoms with Crippen LogP contribution in [-0.4, -0.2) is 11.8 Å². The van der Waals surface area contributed by atoms with Crippen LogP contribution in [0.4, 0.5) is 0 Å². The van der Waals surface area contributed by atoms with Crippen LogP contribution in [0.2, 0.25) is 0 Å². The first-order valence-electron chi connectivity index (χ1n) is 2.76. The molecule has 0 amide bonds. The van der Waals surface area contributed by atoms with Crippen LogP contribution in [0.15, 0.2) is 0 Å². The van der Waals surface area contributed by atoms with Gasteiger partial charge in [0, 0.05) is 6.42 Å². The van der Waals surface area contributed by atoms with Crippen molar-refractivity contribution in [3.05, 3.63) is 0 Å². The molecule has 0 aliphatic rings. The molecule has 0 saturated carbocycles. The Morgan fingerprint density at radius 2 is 2.44 bits per heavy atom. The molecule has 2 N–H and O–H groups in total.